The fourth-order valence-electron chi connectivity index (χ4n) is 2.38. The Kier molecular flexibility index (Phi) is 6.05. The van der Waals surface area contributed by atoms with E-state index in [4.69, 9.17) is 16.3 Å². The van der Waals surface area contributed by atoms with Gasteiger partial charge in [0.2, 0.25) is 0 Å². The van der Waals surface area contributed by atoms with Crippen LogP contribution in [0.5, 0.6) is 5.75 Å². The van der Waals surface area contributed by atoms with Gasteiger partial charge < -0.3 is 4.74 Å². The lowest BCUT2D eigenvalue weighted by molar-refractivity contribution is -0.123. The number of carbonyl (C=O) groups excluding carboxylic acids is 1. The maximum absolute atomic E-state index is 11.7. The van der Waals surface area contributed by atoms with Crippen LogP contribution in [0, 0.1) is 5.92 Å². The SMILES string of the molecule is CCC1CCC(=NNC(=O)COc2ccc(Cl)cc2)CC1. The molecular weight excluding hydrogens is 288 g/mol. The third-order valence-electron chi connectivity index (χ3n) is 3.78. The van der Waals surface area contributed by atoms with Gasteiger partial charge in [0.05, 0.1) is 0 Å². The molecule has 0 spiro atoms. The highest BCUT2D eigenvalue weighted by Crippen LogP contribution is 2.24. The lowest BCUT2D eigenvalue weighted by Crippen LogP contribution is -2.26. The van der Waals surface area contributed by atoms with Crippen LogP contribution in [0.25, 0.3) is 0 Å². The Morgan fingerprint density at radius 1 is 1.33 bits per heavy atom. The van der Waals surface area contributed by atoms with Crippen molar-refractivity contribution in [1.29, 1.82) is 0 Å². The highest BCUT2D eigenvalue weighted by Gasteiger charge is 2.16. The Morgan fingerprint density at radius 2 is 2.00 bits per heavy atom. The van der Waals surface area contributed by atoms with Crippen molar-refractivity contribution < 1.29 is 9.53 Å². The summed E-state index contributed by atoms with van der Waals surface area (Å²) in [5.41, 5.74) is 3.65. The number of rotatable bonds is 5. The molecule has 1 aliphatic carbocycles. The maximum Gasteiger partial charge on any atom is 0.277 e. The third-order valence-corrected chi connectivity index (χ3v) is 4.03. The highest BCUT2D eigenvalue weighted by atomic mass is 35.5. The lowest BCUT2D eigenvalue weighted by atomic mass is 9.86. The second-order valence-electron chi connectivity index (χ2n) is 5.31. The summed E-state index contributed by atoms with van der Waals surface area (Å²) in [5, 5.41) is 4.83. The van der Waals surface area contributed by atoms with Gasteiger partial charge in [0.1, 0.15) is 5.75 Å². The van der Waals surface area contributed by atoms with E-state index in [1.807, 2.05) is 0 Å². The first-order valence-corrected chi connectivity index (χ1v) is 7.77. The Labute approximate surface area is 130 Å². The summed E-state index contributed by atoms with van der Waals surface area (Å²) in [7, 11) is 0. The average molecular weight is 309 g/mol. The van der Waals surface area contributed by atoms with E-state index in [0.717, 1.165) is 24.5 Å². The number of ether oxygens (including phenoxy) is 1. The van der Waals surface area contributed by atoms with Gasteiger partial charge in [-0.3, -0.25) is 4.79 Å². The molecule has 1 saturated carbocycles. The van der Waals surface area contributed by atoms with E-state index in [-0.39, 0.29) is 12.5 Å². The third kappa shape index (κ3) is 5.38. The van der Waals surface area contributed by atoms with Crippen LogP contribution in [0.15, 0.2) is 29.4 Å². The van der Waals surface area contributed by atoms with Crippen molar-refractivity contribution in [3.05, 3.63) is 29.3 Å². The zero-order chi connectivity index (χ0) is 15.1. The van der Waals surface area contributed by atoms with E-state index in [0.29, 0.717) is 10.8 Å². The Hall–Kier alpha value is -1.55. The maximum atomic E-state index is 11.7. The molecule has 21 heavy (non-hydrogen) atoms. The molecule has 0 aromatic heterocycles. The molecule has 1 aromatic carbocycles. The van der Waals surface area contributed by atoms with Crippen molar-refractivity contribution in [2.24, 2.45) is 11.0 Å². The summed E-state index contributed by atoms with van der Waals surface area (Å²) >= 11 is 5.78. The van der Waals surface area contributed by atoms with Crippen LogP contribution in [0.2, 0.25) is 5.02 Å². The number of halogens is 1. The molecular formula is C16H21ClN2O2. The molecule has 4 nitrogen and oxygen atoms in total. The van der Waals surface area contributed by atoms with Crippen LogP contribution in [0.3, 0.4) is 0 Å². The molecule has 114 valence electrons. The first-order chi connectivity index (χ1) is 10.2. The lowest BCUT2D eigenvalue weighted by Gasteiger charge is -2.21. The molecule has 1 amide bonds. The van der Waals surface area contributed by atoms with Crippen molar-refractivity contribution in [3.8, 4) is 5.75 Å². The number of hydrazone groups is 1. The fourth-order valence-corrected chi connectivity index (χ4v) is 2.51. The zero-order valence-electron chi connectivity index (χ0n) is 12.3. The van der Waals surface area contributed by atoms with Crippen molar-refractivity contribution in [2.45, 2.75) is 39.0 Å². The monoisotopic (exact) mass is 308 g/mol. The molecule has 1 aromatic rings. The van der Waals surface area contributed by atoms with Crippen molar-refractivity contribution in [3.63, 3.8) is 0 Å². The second kappa shape index (κ2) is 8.03. The summed E-state index contributed by atoms with van der Waals surface area (Å²) in [6.07, 6.45) is 5.54. The first-order valence-electron chi connectivity index (χ1n) is 7.40. The van der Waals surface area contributed by atoms with Crippen LogP contribution in [-0.4, -0.2) is 18.2 Å². The van der Waals surface area contributed by atoms with Gasteiger partial charge >= 0.3 is 0 Å². The molecule has 1 aliphatic rings. The van der Waals surface area contributed by atoms with Gasteiger partial charge in [-0.1, -0.05) is 24.9 Å². The number of hydrogen-bond donors (Lipinski definition) is 1. The van der Waals surface area contributed by atoms with Gasteiger partial charge in [0, 0.05) is 10.7 Å². The van der Waals surface area contributed by atoms with E-state index in [9.17, 15) is 4.79 Å². The smallest absolute Gasteiger partial charge is 0.277 e. The van der Waals surface area contributed by atoms with Crippen LogP contribution in [-0.2, 0) is 4.79 Å². The van der Waals surface area contributed by atoms with Crippen molar-refractivity contribution in [2.75, 3.05) is 6.61 Å². The predicted octanol–water partition coefficient (Wildman–Crippen LogP) is 3.79. The van der Waals surface area contributed by atoms with Crippen LogP contribution in [0.4, 0.5) is 0 Å². The Bertz CT molecular complexity index is 490. The van der Waals surface area contributed by atoms with E-state index < -0.39 is 0 Å². The number of carbonyl (C=O) groups is 1. The molecule has 0 aliphatic heterocycles. The molecule has 0 bridgehead atoms. The Balaban J connectivity index is 1.71. The van der Waals surface area contributed by atoms with Gasteiger partial charge in [-0.15, -0.1) is 0 Å². The van der Waals surface area contributed by atoms with Gasteiger partial charge in [0.25, 0.3) is 5.91 Å². The molecule has 0 heterocycles. The van der Waals surface area contributed by atoms with Crippen LogP contribution < -0.4 is 10.2 Å². The van der Waals surface area contributed by atoms with E-state index in [1.165, 1.54) is 19.3 Å². The number of nitrogens with zero attached hydrogens (tertiary/aromatic N) is 1. The minimum atomic E-state index is -0.241. The predicted molar refractivity (Wildman–Crippen MR) is 84.8 cm³/mol. The van der Waals surface area contributed by atoms with Crippen molar-refractivity contribution >= 4 is 23.2 Å². The summed E-state index contributed by atoms with van der Waals surface area (Å²) in [5.74, 6) is 1.19. The molecule has 5 heteroatoms. The number of benzene rings is 1. The van der Waals surface area contributed by atoms with Gasteiger partial charge in [-0.05, 0) is 55.9 Å². The molecule has 0 unspecified atom stereocenters. The number of nitrogens with one attached hydrogen (secondary N) is 1. The van der Waals surface area contributed by atoms with E-state index >= 15 is 0 Å². The fraction of sp³-hybridized carbons (Fsp3) is 0.500. The Morgan fingerprint density at radius 3 is 2.62 bits per heavy atom. The molecule has 0 atom stereocenters. The first kappa shape index (κ1) is 15.8. The standard InChI is InChI=1S/C16H21ClN2O2/c1-2-12-3-7-14(8-4-12)18-19-16(20)11-21-15-9-5-13(17)6-10-15/h5-6,9-10,12H,2-4,7-8,11H2,1H3,(H,19,20). The molecule has 0 saturated heterocycles. The second-order valence-corrected chi connectivity index (χ2v) is 5.74. The van der Waals surface area contributed by atoms with Crippen LogP contribution in [0.1, 0.15) is 39.0 Å². The molecule has 1 N–H and O–H groups in total. The topological polar surface area (TPSA) is 50.7 Å². The highest BCUT2D eigenvalue weighted by molar-refractivity contribution is 6.30. The summed E-state index contributed by atoms with van der Waals surface area (Å²) in [4.78, 5) is 11.7. The van der Waals surface area contributed by atoms with Crippen molar-refractivity contribution in [1.82, 2.24) is 5.43 Å². The van der Waals surface area contributed by atoms with E-state index in [1.54, 1.807) is 24.3 Å². The largest absolute Gasteiger partial charge is 0.484 e. The summed E-state index contributed by atoms with van der Waals surface area (Å²) in [6.45, 7) is 2.18. The minimum absolute atomic E-state index is 0.0456. The summed E-state index contributed by atoms with van der Waals surface area (Å²) in [6, 6.07) is 6.91. The summed E-state index contributed by atoms with van der Waals surface area (Å²) < 4.78 is 5.36. The quantitative estimate of drug-likeness (QED) is 0.841. The van der Waals surface area contributed by atoms with Crippen LogP contribution >= 0.6 is 11.6 Å². The van der Waals surface area contributed by atoms with Gasteiger partial charge in [-0.25, -0.2) is 5.43 Å². The zero-order valence-corrected chi connectivity index (χ0v) is 13.0. The normalized spacial score (nSPS) is 18.2. The number of amides is 1. The van der Waals surface area contributed by atoms with E-state index in [2.05, 4.69) is 17.5 Å². The number of hydrogen-bond acceptors (Lipinski definition) is 3. The van der Waals surface area contributed by atoms with Gasteiger partial charge in [-0.2, -0.15) is 5.10 Å². The average Bonchev–Trinajstić information content (AvgIpc) is 2.53. The molecule has 0 radical (unpaired) electrons. The van der Waals surface area contributed by atoms with Gasteiger partial charge in [0.15, 0.2) is 6.61 Å². The minimum Gasteiger partial charge on any atom is -0.484 e. The molecule has 2 rings (SSSR count). The molecule has 1 fully saturated rings.